The first-order valence-electron chi connectivity index (χ1n) is 5.16. The third-order valence-electron chi connectivity index (χ3n) is 2.33. The molecule has 0 aliphatic rings. The number of aromatic hydroxyl groups is 1. The number of hydrogen-bond acceptors (Lipinski definition) is 3. The molecule has 2 N–H and O–H groups in total. The zero-order valence-corrected chi connectivity index (χ0v) is 10.3. The van der Waals surface area contributed by atoms with Gasteiger partial charge in [0.05, 0.1) is 5.69 Å². The van der Waals surface area contributed by atoms with Crippen LogP contribution in [0.15, 0.2) is 47.4 Å². The quantitative estimate of drug-likeness (QED) is 0.851. The highest BCUT2D eigenvalue weighted by Gasteiger charge is 2.19. The topological polar surface area (TPSA) is 66.4 Å². The SMILES string of the molecule is O=S(=O)(Nc1ccc(F)cc1O)c1ccccc1F. The highest BCUT2D eigenvalue weighted by atomic mass is 32.2. The van der Waals surface area contributed by atoms with Crippen molar-refractivity contribution in [1.82, 2.24) is 0 Å². The van der Waals surface area contributed by atoms with Crippen LogP contribution in [0.3, 0.4) is 0 Å². The lowest BCUT2D eigenvalue weighted by Crippen LogP contribution is -2.14. The van der Waals surface area contributed by atoms with Crippen LogP contribution in [0, 0.1) is 11.6 Å². The molecular weight excluding hydrogens is 276 g/mol. The molecule has 0 heterocycles. The molecule has 0 saturated carbocycles. The van der Waals surface area contributed by atoms with Crippen LogP contribution >= 0.6 is 0 Å². The number of nitrogens with one attached hydrogen (secondary N) is 1. The minimum atomic E-state index is -4.19. The second-order valence-corrected chi connectivity index (χ2v) is 5.35. The first-order chi connectivity index (χ1) is 8.90. The summed E-state index contributed by atoms with van der Waals surface area (Å²) in [6.07, 6.45) is 0. The molecule has 19 heavy (non-hydrogen) atoms. The van der Waals surface area contributed by atoms with Gasteiger partial charge < -0.3 is 5.11 Å². The van der Waals surface area contributed by atoms with E-state index in [0.717, 1.165) is 30.3 Å². The zero-order valence-electron chi connectivity index (χ0n) is 9.47. The summed E-state index contributed by atoms with van der Waals surface area (Å²) >= 11 is 0. The maximum atomic E-state index is 13.4. The van der Waals surface area contributed by atoms with Gasteiger partial charge >= 0.3 is 0 Å². The molecule has 0 bridgehead atoms. The van der Waals surface area contributed by atoms with Gasteiger partial charge in [0.2, 0.25) is 0 Å². The Hall–Kier alpha value is -2.15. The van der Waals surface area contributed by atoms with Crippen LogP contribution in [-0.2, 0) is 10.0 Å². The first-order valence-corrected chi connectivity index (χ1v) is 6.64. The van der Waals surface area contributed by atoms with Gasteiger partial charge in [-0.05, 0) is 24.3 Å². The molecule has 7 heteroatoms. The van der Waals surface area contributed by atoms with Gasteiger partial charge in [-0.2, -0.15) is 0 Å². The van der Waals surface area contributed by atoms with E-state index in [4.69, 9.17) is 0 Å². The van der Waals surface area contributed by atoms with Crippen LogP contribution < -0.4 is 4.72 Å². The molecule has 2 aromatic rings. The van der Waals surface area contributed by atoms with E-state index >= 15 is 0 Å². The maximum Gasteiger partial charge on any atom is 0.264 e. The second kappa shape index (κ2) is 4.85. The lowest BCUT2D eigenvalue weighted by atomic mass is 10.3. The van der Waals surface area contributed by atoms with E-state index in [9.17, 15) is 22.3 Å². The minimum Gasteiger partial charge on any atom is -0.506 e. The van der Waals surface area contributed by atoms with Crippen LogP contribution in [0.25, 0.3) is 0 Å². The number of phenolic OH excluding ortho intramolecular Hbond substituents is 1. The first kappa shape index (κ1) is 13.3. The van der Waals surface area contributed by atoms with Gasteiger partial charge in [-0.15, -0.1) is 0 Å². The second-order valence-electron chi connectivity index (χ2n) is 3.70. The number of sulfonamides is 1. The Morgan fingerprint density at radius 3 is 2.37 bits per heavy atom. The fourth-order valence-electron chi connectivity index (χ4n) is 1.45. The van der Waals surface area contributed by atoms with E-state index in [1.807, 2.05) is 4.72 Å². The molecule has 0 spiro atoms. The molecule has 0 aliphatic heterocycles. The maximum absolute atomic E-state index is 13.4. The van der Waals surface area contributed by atoms with E-state index in [1.165, 1.54) is 12.1 Å². The summed E-state index contributed by atoms with van der Waals surface area (Å²) in [5, 5.41) is 9.41. The molecule has 0 aromatic heterocycles. The van der Waals surface area contributed by atoms with Crippen molar-refractivity contribution >= 4 is 15.7 Å². The Bertz CT molecular complexity index is 717. The molecule has 4 nitrogen and oxygen atoms in total. The fourth-order valence-corrected chi connectivity index (χ4v) is 2.61. The van der Waals surface area contributed by atoms with E-state index in [0.29, 0.717) is 0 Å². The summed E-state index contributed by atoms with van der Waals surface area (Å²) in [5.74, 6) is -2.22. The van der Waals surface area contributed by atoms with Gasteiger partial charge in [0.15, 0.2) is 0 Å². The van der Waals surface area contributed by atoms with E-state index in [1.54, 1.807) is 0 Å². The van der Waals surface area contributed by atoms with Crippen molar-refractivity contribution < 1.29 is 22.3 Å². The average Bonchev–Trinajstić information content (AvgIpc) is 2.33. The summed E-state index contributed by atoms with van der Waals surface area (Å²) in [6, 6.07) is 7.56. The Labute approximate surface area is 108 Å². The van der Waals surface area contributed by atoms with E-state index in [-0.39, 0.29) is 5.69 Å². The molecule has 0 saturated heterocycles. The Balaban J connectivity index is 2.40. The normalized spacial score (nSPS) is 11.3. The van der Waals surface area contributed by atoms with Crippen molar-refractivity contribution in [2.45, 2.75) is 4.90 Å². The lowest BCUT2D eigenvalue weighted by Gasteiger charge is -2.10. The van der Waals surface area contributed by atoms with Crippen LogP contribution in [0.4, 0.5) is 14.5 Å². The van der Waals surface area contributed by atoms with Crippen molar-refractivity contribution in [1.29, 1.82) is 0 Å². The highest BCUT2D eigenvalue weighted by molar-refractivity contribution is 7.92. The molecule has 100 valence electrons. The van der Waals surface area contributed by atoms with Crippen LogP contribution in [-0.4, -0.2) is 13.5 Å². The molecule has 0 fully saturated rings. The number of phenols is 1. The highest BCUT2D eigenvalue weighted by Crippen LogP contribution is 2.26. The minimum absolute atomic E-state index is 0.232. The molecule has 2 rings (SSSR count). The number of halogens is 2. The number of rotatable bonds is 3. The summed E-state index contributed by atoms with van der Waals surface area (Å²) in [5.41, 5.74) is -0.232. The number of anilines is 1. The van der Waals surface area contributed by atoms with Crippen molar-refractivity contribution in [3.63, 3.8) is 0 Å². The van der Waals surface area contributed by atoms with Crippen molar-refractivity contribution in [2.75, 3.05) is 4.72 Å². The molecule has 0 atom stereocenters. The number of hydrogen-bond donors (Lipinski definition) is 2. The Morgan fingerprint density at radius 1 is 1.05 bits per heavy atom. The molecule has 0 amide bonds. The van der Waals surface area contributed by atoms with Crippen LogP contribution in [0.5, 0.6) is 5.75 Å². The largest absolute Gasteiger partial charge is 0.506 e. The van der Waals surface area contributed by atoms with Gasteiger partial charge in [0, 0.05) is 6.07 Å². The molecule has 2 aromatic carbocycles. The van der Waals surface area contributed by atoms with Gasteiger partial charge in [-0.3, -0.25) is 4.72 Å². The van der Waals surface area contributed by atoms with Crippen molar-refractivity contribution in [3.8, 4) is 5.75 Å². The Kier molecular flexibility index (Phi) is 3.39. The Morgan fingerprint density at radius 2 is 1.74 bits per heavy atom. The standard InChI is InChI=1S/C12H9F2NO3S/c13-8-5-6-10(11(16)7-8)15-19(17,18)12-4-2-1-3-9(12)14/h1-7,15-16H. The van der Waals surface area contributed by atoms with Crippen molar-refractivity contribution in [2.24, 2.45) is 0 Å². The fraction of sp³-hybridized carbons (Fsp3) is 0. The smallest absolute Gasteiger partial charge is 0.264 e. The third kappa shape index (κ3) is 2.82. The van der Waals surface area contributed by atoms with Gasteiger partial charge in [0.25, 0.3) is 10.0 Å². The van der Waals surface area contributed by atoms with Gasteiger partial charge in [0.1, 0.15) is 22.3 Å². The van der Waals surface area contributed by atoms with Crippen LogP contribution in [0.1, 0.15) is 0 Å². The summed E-state index contributed by atoms with van der Waals surface area (Å²) in [7, 11) is -4.19. The summed E-state index contributed by atoms with van der Waals surface area (Å²) < 4.78 is 52.0. The average molecular weight is 285 g/mol. The molecule has 0 unspecified atom stereocenters. The monoisotopic (exact) mass is 285 g/mol. The molecule has 0 radical (unpaired) electrons. The van der Waals surface area contributed by atoms with E-state index < -0.39 is 32.3 Å². The lowest BCUT2D eigenvalue weighted by molar-refractivity contribution is 0.471. The third-order valence-corrected chi connectivity index (χ3v) is 3.73. The van der Waals surface area contributed by atoms with Gasteiger partial charge in [-0.1, -0.05) is 12.1 Å². The molecule has 0 aliphatic carbocycles. The number of benzene rings is 2. The predicted molar refractivity (Wildman–Crippen MR) is 65.3 cm³/mol. The zero-order chi connectivity index (χ0) is 14.0. The molecular formula is C12H9F2NO3S. The van der Waals surface area contributed by atoms with Crippen LogP contribution in [0.2, 0.25) is 0 Å². The predicted octanol–water partition coefficient (Wildman–Crippen LogP) is 2.47. The van der Waals surface area contributed by atoms with Crippen molar-refractivity contribution in [3.05, 3.63) is 54.1 Å². The van der Waals surface area contributed by atoms with Gasteiger partial charge in [-0.25, -0.2) is 17.2 Å². The summed E-state index contributed by atoms with van der Waals surface area (Å²) in [4.78, 5) is -0.557. The summed E-state index contributed by atoms with van der Waals surface area (Å²) in [6.45, 7) is 0. The van der Waals surface area contributed by atoms with E-state index in [2.05, 4.69) is 0 Å².